The summed E-state index contributed by atoms with van der Waals surface area (Å²) in [7, 11) is 0. The normalized spacial score (nSPS) is 17.7. The zero-order valence-corrected chi connectivity index (χ0v) is 17.6. The van der Waals surface area contributed by atoms with E-state index >= 15 is 0 Å². The summed E-state index contributed by atoms with van der Waals surface area (Å²) < 4.78 is 13.3. The van der Waals surface area contributed by atoms with E-state index in [-0.39, 0.29) is 30.4 Å². The fourth-order valence-electron chi connectivity index (χ4n) is 3.90. The third-order valence-electron chi connectivity index (χ3n) is 5.38. The molecular formula is C24H26FN3OS. The second kappa shape index (κ2) is 9.98. The summed E-state index contributed by atoms with van der Waals surface area (Å²) in [6.45, 7) is 2.99. The number of benzene rings is 2. The molecule has 0 spiro atoms. The lowest BCUT2D eigenvalue weighted by Gasteiger charge is -2.20. The molecule has 4 nitrogen and oxygen atoms in total. The van der Waals surface area contributed by atoms with Crippen molar-refractivity contribution in [2.24, 2.45) is 0 Å². The van der Waals surface area contributed by atoms with Crippen LogP contribution < -0.4 is 10.6 Å². The molecule has 2 atom stereocenters. The largest absolute Gasteiger partial charge is 0.351 e. The Morgan fingerprint density at radius 2 is 1.90 bits per heavy atom. The van der Waals surface area contributed by atoms with Gasteiger partial charge in [-0.3, -0.25) is 15.0 Å². The molecule has 6 heteroatoms. The van der Waals surface area contributed by atoms with Gasteiger partial charge in [-0.25, -0.2) is 4.39 Å². The van der Waals surface area contributed by atoms with Crippen LogP contribution in [0.5, 0.6) is 0 Å². The molecule has 2 aromatic carbocycles. The number of likely N-dealkylation sites (tertiary alicyclic amines) is 1. The van der Waals surface area contributed by atoms with Crippen molar-refractivity contribution in [3.05, 3.63) is 93.9 Å². The molecule has 1 amide bonds. The first-order valence-electron chi connectivity index (χ1n) is 10.3. The van der Waals surface area contributed by atoms with Gasteiger partial charge in [0, 0.05) is 30.6 Å². The lowest BCUT2D eigenvalue weighted by molar-refractivity contribution is -0.120. The van der Waals surface area contributed by atoms with Crippen molar-refractivity contribution in [1.82, 2.24) is 15.5 Å². The second-order valence-electron chi connectivity index (χ2n) is 7.65. The first-order chi connectivity index (χ1) is 14.7. The fourth-order valence-corrected chi connectivity index (χ4v) is 4.73. The van der Waals surface area contributed by atoms with E-state index in [1.165, 1.54) is 17.7 Å². The lowest BCUT2D eigenvalue weighted by atomic mass is 10.1. The minimum atomic E-state index is -0.261. The minimum absolute atomic E-state index is 0.00905. The van der Waals surface area contributed by atoms with Crippen LogP contribution in [0.15, 0.2) is 72.1 Å². The highest BCUT2D eigenvalue weighted by Crippen LogP contribution is 2.26. The first-order valence-corrected chi connectivity index (χ1v) is 11.1. The highest BCUT2D eigenvalue weighted by molar-refractivity contribution is 7.10. The number of carbonyl (C=O) groups is 1. The van der Waals surface area contributed by atoms with Crippen LogP contribution in [0.4, 0.5) is 4.39 Å². The Balaban J connectivity index is 1.29. The van der Waals surface area contributed by atoms with Crippen LogP contribution in [-0.4, -0.2) is 36.5 Å². The molecule has 0 bridgehead atoms. The summed E-state index contributed by atoms with van der Waals surface area (Å²) in [6.07, 6.45) is 0.963. The van der Waals surface area contributed by atoms with Crippen LogP contribution in [0.2, 0.25) is 0 Å². The molecule has 1 fully saturated rings. The molecule has 156 valence electrons. The third-order valence-corrected chi connectivity index (χ3v) is 6.32. The van der Waals surface area contributed by atoms with Crippen molar-refractivity contribution < 1.29 is 9.18 Å². The Hall–Kier alpha value is -2.54. The Morgan fingerprint density at radius 1 is 1.10 bits per heavy atom. The smallest absolute Gasteiger partial charge is 0.234 e. The molecule has 30 heavy (non-hydrogen) atoms. The summed E-state index contributed by atoms with van der Waals surface area (Å²) in [4.78, 5) is 16.1. The van der Waals surface area contributed by atoms with Gasteiger partial charge in [-0.1, -0.05) is 48.5 Å². The van der Waals surface area contributed by atoms with Crippen molar-refractivity contribution in [3.8, 4) is 0 Å². The maximum absolute atomic E-state index is 13.3. The molecule has 2 N–H and O–H groups in total. The fraction of sp³-hybridized carbons (Fsp3) is 0.292. The van der Waals surface area contributed by atoms with E-state index in [2.05, 4.69) is 39.8 Å². The van der Waals surface area contributed by atoms with Crippen molar-refractivity contribution in [3.63, 3.8) is 0 Å². The predicted molar refractivity (Wildman–Crippen MR) is 119 cm³/mol. The molecule has 1 aliphatic rings. The zero-order chi connectivity index (χ0) is 20.8. The summed E-state index contributed by atoms with van der Waals surface area (Å²) >= 11 is 1.62. The highest BCUT2D eigenvalue weighted by Gasteiger charge is 2.24. The van der Waals surface area contributed by atoms with Gasteiger partial charge in [-0.2, -0.15) is 0 Å². The van der Waals surface area contributed by atoms with Gasteiger partial charge in [0.25, 0.3) is 0 Å². The maximum Gasteiger partial charge on any atom is 0.234 e. The van der Waals surface area contributed by atoms with E-state index in [4.69, 9.17) is 0 Å². The van der Waals surface area contributed by atoms with Gasteiger partial charge < -0.3 is 5.32 Å². The maximum atomic E-state index is 13.3. The summed E-state index contributed by atoms with van der Waals surface area (Å²) in [5.41, 5.74) is 2.24. The van der Waals surface area contributed by atoms with E-state index in [1.54, 1.807) is 23.5 Å². The standard InChI is InChI=1S/C24H26FN3OS/c25-20-10-8-19(9-11-20)24(22-7-4-14-30-22)26-15-23(29)27-21-12-13-28(17-21)16-18-5-2-1-3-6-18/h1-11,14,21,24,26H,12-13,15-17H2,(H,27,29)/t21-,24+/m0/s1. The summed E-state index contributed by atoms with van der Waals surface area (Å²) in [5.74, 6) is -0.270. The van der Waals surface area contributed by atoms with Gasteiger partial charge in [0.05, 0.1) is 12.6 Å². The first kappa shape index (κ1) is 20.7. The number of halogens is 1. The highest BCUT2D eigenvalue weighted by atomic mass is 32.1. The molecule has 3 aromatic rings. The van der Waals surface area contributed by atoms with Crippen LogP contribution in [0.1, 0.15) is 28.5 Å². The van der Waals surface area contributed by atoms with Gasteiger partial charge in [-0.05, 0) is 41.1 Å². The van der Waals surface area contributed by atoms with Crippen molar-refractivity contribution >= 4 is 17.2 Å². The Bertz CT molecular complexity index is 931. The molecule has 0 aliphatic carbocycles. The molecule has 1 aliphatic heterocycles. The summed E-state index contributed by atoms with van der Waals surface area (Å²) in [5, 5.41) is 8.51. The molecule has 0 unspecified atom stereocenters. The zero-order valence-electron chi connectivity index (χ0n) is 16.8. The quantitative estimate of drug-likeness (QED) is 0.577. The predicted octanol–water partition coefficient (Wildman–Crippen LogP) is 3.96. The van der Waals surface area contributed by atoms with E-state index < -0.39 is 0 Å². The number of rotatable bonds is 8. The molecule has 1 saturated heterocycles. The van der Waals surface area contributed by atoms with E-state index in [0.29, 0.717) is 0 Å². The minimum Gasteiger partial charge on any atom is -0.351 e. The third kappa shape index (κ3) is 5.53. The second-order valence-corrected chi connectivity index (χ2v) is 8.63. The molecule has 1 aromatic heterocycles. The van der Waals surface area contributed by atoms with Crippen LogP contribution in [-0.2, 0) is 11.3 Å². The molecular weight excluding hydrogens is 397 g/mol. The van der Waals surface area contributed by atoms with Crippen LogP contribution in [0.25, 0.3) is 0 Å². The van der Waals surface area contributed by atoms with Crippen LogP contribution >= 0.6 is 11.3 Å². The Morgan fingerprint density at radius 3 is 2.63 bits per heavy atom. The average Bonchev–Trinajstić information content (AvgIpc) is 3.43. The van der Waals surface area contributed by atoms with Gasteiger partial charge >= 0.3 is 0 Å². The number of nitrogens with zero attached hydrogens (tertiary/aromatic N) is 1. The van der Waals surface area contributed by atoms with E-state index in [9.17, 15) is 9.18 Å². The Kier molecular flexibility index (Phi) is 6.89. The van der Waals surface area contributed by atoms with Crippen LogP contribution in [0, 0.1) is 5.82 Å². The number of amides is 1. The average molecular weight is 424 g/mol. The van der Waals surface area contributed by atoms with Crippen molar-refractivity contribution in [2.45, 2.75) is 25.0 Å². The number of hydrogen-bond acceptors (Lipinski definition) is 4. The number of thiophene rings is 1. The number of hydrogen-bond donors (Lipinski definition) is 2. The molecule has 0 saturated carbocycles. The lowest BCUT2D eigenvalue weighted by Crippen LogP contribution is -2.42. The van der Waals surface area contributed by atoms with Gasteiger partial charge in [-0.15, -0.1) is 11.3 Å². The van der Waals surface area contributed by atoms with Crippen LogP contribution in [0.3, 0.4) is 0 Å². The van der Waals surface area contributed by atoms with Gasteiger partial charge in [0.1, 0.15) is 5.82 Å². The molecule has 0 radical (unpaired) electrons. The van der Waals surface area contributed by atoms with Crippen molar-refractivity contribution in [2.75, 3.05) is 19.6 Å². The van der Waals surface area contributed by atoms with Crippen molar-refractivity contribution in [1.29, 1.82) is 0 Å². The molecule has 4 rings (SSSR count). The van der Waals surface area contributed by atoms with E-state index in [0.717, 1.165) is 36.5 Å². The molecule has 2 heterocycles. The van der Waals surface area contributed by atoms with Gasteiger partial charge in [0.15, 0.2) is 0 Å². The van der Waals surface area contributed by atoms with Gasteiger partial charge in [0.2, 0.25) is 5.91 Å². The number of carbonyl (C=O) groups excluding carboxylic acids is 1. The SMILES string of the molecule is O=C(CN[C@H](c1ccc(F)cc1)c1cccs1)N[C@H]1CCN(Cc2ccccc2)C1. The monoisotopic (exact) mass is 423 g/mol. The topological polar surface area (TPSA) is 44.4 Å². The summed E-state index contributed by atoms with van der Waals surface area (Å²) in [6, 6.07) is 20.9. The van der Waals surface area contributed by atoms with E-state index in [1.807, 2.05) is 23.6 Å². The Labute approximate surface area is 180 Å². The number of nitrogens with one attached hydrogen (secondary N) is 2.